The van der Waals surface area contributed by atoms with Gasteiger partial charge in [-0.2, -0.15) is 10.2 Å². The summed E-state index contributed by atoms with van der Waals surface area (Å²) in [7, 11) is 0. The minimum Gasteiger partial charge on any atom is -0.342 e. The molecule has 1 amide bonds. The van der Waals surface area contributed by atoms with Gasteiger partial charge in [0.1, 0.15) is 11.7 Å². The molecule has 2 aliphatic heterocycles. The number of allylic oxidation sites excluding steroid dienone is 1. The molecule has 4 rings (SSSR count). The third-order valence-corrected chi connectivity index (χ3v) is 5.68. The summed E-state index contributed by atoms with van der Waals surface area (Å²) < 4.78 is 0. The Balaban J connectivity index is 1.72. The molecule has 0 radical (unpaired) electrons. The summed E-state index contributed by atoms with van der Waals surface area (Å²) in [5.74, 6) is -0.690. The summed E-state index contributed by atoms with van der Waals surface area (Å²) in [5.41, 5.74) is 0.948. The molecule has 2 N–H and O–H groups in total. The molecule has 7 nitrogen and oxygen atoms in total. The van der Waals surface area contributed by atoms with Gasteiger partial charge in [-0.1, -0.05) is 49.4 Å². The van der Waals surface area contributed by atoms with Crippen LogP contribution >= 0.6 is 0 Å². The maximum Gasteiger partial charge on any atom is 0.258 e. The maximum absolute atomic E-state index is 13.0. The Bertz CT molecular complexity index is 1030. The second-order valence-electron chi connectivity index (χ2n) is 7.71. The minimum atomic E-state index is -0.980. The van der Waals surface area contributed by atoms with E-state index >= 15 is 0 Å². The van der Waals surface area contributed by atoms with E-state index in [1.807, 2.05) is 47.4 Å². The topological polar surface area (TPSA) is 102 Å². The largest absolute Gasteiger partial charge is 0.342 e. The summed E-state index contributed by atoms with van der Waals surface area (Å²) in [6, 6.07) is 11.6. The zero-order chi connectivity index (χ0) is 20.4. The van der Waals surface area contributed by atoms with Crippen molar-refractivity contribution in [1.29, 1.82) is 5.26 Å². The molecular weight excluding hydrogens is 366 g/mol. The summed E-state index contributed by atoms with van der Waals surface area (Å²) in [5, 5.41) is 12.2. The zero-order valence-electron chi connectivity index (χ0n) is 16.3. The van der Waals surface area contributed by atoms with E-state index in [1.165, 1.54) is 0 Å². The number of piperidine rings is 1. The standard InChI is InChI=1S/C22H23N5O2/c1-14-9-11-27(12-10-14)22-25-19-18(21(29)26-22)16(17(13-23)20(28)24-19)8-7-15-5-3-2-4-6-15/h2-8,14,16-17H,9-12H2,1H3,(H2,24,25,26,28,29)/b8-7+. The van der Waals surface area contributed by atoms with Crippen molar-refractivity contribution in [2.45, 2.75) is 25.7 Å². The smallest absolute Gasteiger partial charge is 0.258 e. The van der Waals surface area contributed by atoms with Gasteiger partial charge in [0, 0.05) is 19.0 Å². The highest BCUT2D eigenvalue weighted by Gasteiger charge is 2.38. The average Bonchev–Trinajstić information content (AvgIpc) is 2.72. The highest BCUT2D eigenvalue weighted by atomic mass is 16.2. The predicted octanol–water partition coefficient (Wildman–Crippen LogP) is 2.90. The van der Waals surface area contributed by atoms with Crippen molar-refractivity contribution in [2.24, 2.45) is 11.8 Å². The molecule has 29 heavy (non-hydrogen) atoms. The molecule has 1 aromatic heterocycles. The lowest BCUT2D eigenvalue weighted by Crippen LogP contribution is -2.40. The first-order chi connectivity index (χ1) is 14.1. The van der Waals surface area contributed by atoms with Crippen LogP contribution in [0.5, 0.6) is 0 Å². The maximum atomic E-state index is 13.0. The molecule has 7 heteroatoms. The number of hydrogen-bond donors (Lipinski definition) is 2. The van der Waals surface area contributed by atoms with E-state index in [0.717, 1.165) is 31.5 Å². The van der Waals surface area contributed by atoms with Gasteiger partial charge in [-0.15, -0.1) is 0 Å². The van der Waals surface area contributed by atoms with Gasteiger partial charge in [0.05, 0.1) is 11.6 Å². The van der Waals surface area contributed by atoms with Crippen LogP contribution in [0.15, 0.2) is 41.2 Å². The van der Waals surface area contributed by atoms with Gasteiger partial charge < -0.3 is 10.2 Å². The van der Waals surface area contributed by atoms with Crippen molar-refractivity contribution in [3.63, 3.8) is 0 Å². The predicted molar refractivity (Wildman–Crippen MR) is 111 cm³/mol. The number of benzene rings is 1. The van der Waals surface area contributed by atoms with Crippen LogP contribution in [0.25, 0.3) is 6.08 Å². The summed E-state index contributed by atoms with van der Waals surface area (Å²) in [6.07, 6.45) is 5.65. The number of carbonyl (C=O) groups is 1. The number of H-pyrrole nitrogens is 1. The number of rotatable bonds is 3. The van der Waals surface area contributed by atoms with Crippen molar-refractivity contribution in [2.75, 3.05) is 23.3 Å². The van der Waals surface area contributed by atoms with E-state index in [2.05, 4.69) is 22.2 Å². The Morgan fingerprint density at radius 1 is 1.21 bits per heavy atom. The molecule has 3 heterocycles. The van der Waals surface area contributed by atoms with Crippen molar-refractivity contribution < 1.29 is 4.79 Å². The normalized spacial score (nSPS) is 22.2. The molecule has 2 atom stereocenters. The molecule has 0 aliphatic carbocycles. The number of fused-ring (bicyclic) bond motifs is 1. The van der Waals surface area contributed by atoms with E-state index in [0.29, 0.717) is 17.4 Å². The fourth-order valence-corrected chi connectivity index (χ4v) is 3.89. The van der Waals surface area contributed by atoms with E-state index in [1.54, 1.807) is 6.08 Å². The number of aromatic nitrogens is 2. The van der Waals surface area contributed by atoms with Crippen LogP contribution in [0.1, 0.15) is 36.8 Å². The Hall–Kier alpha value is -3.40. The van der Waals surface area contributed by atoms with E-state index in [4.69, 9.17) is 0 Å². The van der Waals surface area contributed by atoms with Gasteiger partial charge in [0.25, 0.3) is 5.56 Å². The molecule has 0 bridgehead atoms. The van der Waals surface area contributed by atoms with Gasteiger partial charge in [-0.05, 0) is 24.3 Å². The zero-order valence-corrected chi connectivity index (χ0v) is 16.3. The lowest BCUT2D eigenvalue weighted by atomic mass is 9.83. The van der Waals surface area contributed by atoms with Crippen molar-refractivity contribution >= 4 is 23.7 Å². The van der Waals surface area contributed by atoms with Gasteiger partial charge in [-0.25, -0.2) is 0 Å². The van der Waals surface area contributed by atoms with Gasteiger partial charge in [-0.3, -0.25) is 14.6 Å². The Morgan fingerprint density at radius 3 is 2.62 bits per heavy atom. The first-order valence-corrected chi connectivity index (χ1v) is 9.89. The van der Waals surface area contributed by atoms with Crippen molar-refractivity contribution in [3.8, 4) is 6.07 Å². The fraction of sp³-hybridized carbons (Fsp3) is 0.364. The van der Waals surface area contributed by atoms with Gasteiger partial charge in [0.15, 0.2) is 0 Å². The lowest BCUT2D eigenvalue weighted by Gasteiger charge is -2.32. The Kier molecular flexibility index (Phi) is 5.17. The molecule has 2 aromatic rings. The molecule has 1 aromatic carbocycles. The number of hydrogen-bond acceptors (Lipinski definition) is 5. The van der Waals surface area contributed by atoms with Crippen molar-refractivity contribution in [3.05, 3.63) is 57.9 Å². The number of amides is 1. The summed E-state index contributed by atoms with van der Waals surface area (Å²) >= 11 is 0. The second kappa shape index (κ2) is 7.92. The summed E-state index contributed by atoms with van der Waals surface area (Å²) in [4.78, 5) is 34.9. The molecule has 148 valence electrons. The minimum absolute atomic E-state index is 0.251. The van der Waals surface area contributed by atoms with E-state index in [-0.39, 0.29) is 11.4 Å². The fourth-order valence-electron chi connectivity index (χ4n) is 3.89. The Morgan fingerprint density at radius 2 is 1.93 bits per heavy atom. The summed E-state index contributed by atoms with van der Waals surface area (Å²) in [6.45, 7) is 3.84. The van der Waals surface area contributed by atoms with Crippen molar-refractivity contribution in [1.82, 2.24) is 9.97 Å². The van der Waals surface area contributed by atoms with Crippen LogP contribution in [0.4, 0.5) is 11.8 Å². The number of anilines is 2. The second-order valence-corrected chi connectivity index (χ2v) is 7.71. The molecule has 0 spiro atoms. The number of carbonyl (C=O) groups excluding carboxylic acids is 1. The third kappa shape index (κ3) is 3.79. The Labute approximate surface area is 169 Å². The molecule has 0 saturated carbocycles. The number of aromatic amines is 1. The number of nitriles is 1. The van der Waals surface area contributed by atoms with Crippen LogP contribution in [0.3, 0.4) is 0 Å². The number of nitrogens with one attached hydrogen (secondary N) is 2. The molecule has 1 fully saturated rings. The van der Waals surface area contributed by atoms with Crippen LogP contribution in [0, 0.1) is 23.2 Å². The van der Waals surface area contributed by atoms with Crippen LogP contribution in [0.2, 0.25) is 0 Å². The van der Waals surface area contributed by atoms with Crippen LogP contribution < -0.4 is 15.8 Å². The monoisotopic (exact) mass is 389 g/mol. The highest BCUT2D eigenvalue weighted by Crippen LogP contribution is 2.35. The highest BCUT2D eigenvalue weighted by molar-refractivity contribution is 5.97. The first-order valence-electron chi connectivity index (χ1n) is 9.89. The van der Waals surface area contributed by atoms with Gasteiger partial charge >= 0.3 is 0 Å². The molecule has 1 saturated heterocycles. The van der Waals surface area contributed by atoms with Gasteiger partial charge in [0.2, 0.25) is 11.9 Å². The quantitative estimate of drug-likeness (QED) is 0.840. The SMILES string of the molecule is CC1CCN(c2nc3c(c(=O)[nH]2)C(/C=C/c2ccccc2)C(C#N)C(=O)N3)CC1. The van der Waals surface area contributed by atoms with E-state index in [9.17, 15) is 14.9 Å². The molecular formula is C22H23N5O2. The van der Waals surface area contributed by atoms with Crippen LogP contribution in [-0.4, -0.2) is 29.0 Å². The average molecular weight is 389 g/mol. The van der Waals surface area contributed by atoms with Crippen LogP contribution in [-0.2, 0) is 4.79 Å². The molecule has 2 aliphatic rings. The molecule has 2 unspecified atom stereocenters. The third-order valence-electron chi connectivity index (χ3n) is 5.68. The van der Waals surface area contributed by atoms with E-state index < -0.39 is 17.7 Å². The first kappa shape index (κ1) is 18.9. The number of nitrogens with zero attached hydrogens (tertiary/aromatic N) is 3. The lowest BCUT2D eigenvalue weighted by molar-refractivity contribution is -0.119.